The SMILES string of the molecule is CCOC1CC(NCc2csc(N(CC)C(C)=O)n2)C1. The third kappa shape index (κ3) is 3.77. The van der Waals surface area contributed by atoms with Crippen LogP contribution in [-0.4, -0.2) is 36.2 Å². The van der Waals surface area contributed by atoms with Crippen LogP contribution in [0.25, 0.3) is 0 Å². The average Bonchev–Trinajstić information content (AvgIpc) is 2.81. The lowest BCUT2D eigenvalue weighted by atomic mass is 9.89. The number of anilines is 1. The molecule has 0 aliphatic heterocycles. The highest BCUT2D eigenvalue weighted by Gasteiger charge is 2.29. The molecular formula is C14H23N3O2S. The molecule has 1 aliphatic rings. The average molecular weight is 297 g/mol. The minimum atomic E-state index is 0.0416. The van der Waals surface area contributed by atoms with E-state index in [2.05, 4.69) is 10.3 Å². The van der Waals surface area contributed by atoms with Crippen molar-refractivity contribution in [3.05, 3.63) is 11.1 Å². The van der Waals surface area contributed by atoms with Gasteiger partial charge in [-0.05, 0) is 26.7 Å². The molecule has 1 aromatic heterocycles. The van der Waals surface area contributed by atoms with Crippen molar-refractivity contribution in [3.8, 4) is 0 Å². The molecule has 1 aromatic rings. The number of carbonyl (C=O) groups excluding carboxylic acids is 1. The van der Waals surface area contributed by atoms with Crippen molar-refractivity contribution in [2.24, 2.45) is 0 Å². The van der Waals surface area contributed by atoms with Crippen LogP contribution in [0.5, 0.6) is 0 Å². The minimum Gasteiger partial charge on any atom is -0.378 e. The van der Waals surface area contributed by atoms with Crippen molar-refractivity contribution < 1.29 is 9.53 Å². The summed E-state index contributed by atoms with van der Waals surface area (Å²) >= 11 is 1.53. The highest BCUT2D eigenvalue weighted by Crippen LogP contribution is 2.24. The molecule has 0 saturated heterocycles. The third-order valence-electron chi connectivity index (χ3n) is 3.54. The van der Waals surface area contributed by atoms with Gasteiger partial charge in [-0.3, -0.25) is 9.69 Å². The van der Waals surface area contributed by atoms with E-state index in [4.69, 9.17) is 4.74 Å². The van der Waals surface area contributed by atoms with E-state index in [1.54, 1.807) is 11.8 Å². The van der Waals surface area contributed by atoms with Gasteiger partial charge in [-0.25, -0.2) is 4.98 Å². The number of carbonyl (C=O) groups is 1. The second-order valence-electron chi connectivity index (χ2n) is 5.01. The van der Waals surface area contributed by atoms with Gasteiger partial charge < -0.3 is 10.1 Å². The maximum atomic E-state index is 11.5. The van der Waals surface area contributed by atoms with E-state index in [1.165, 1.54) is 11.3 Å². The summed E-state index contributed by atoms with van der Waals surface area (Å²) < 4.78 is 5.54. The van der Waals surface area contributed by atoms with Crippen LogP contribution in [0.4, 0.5) is 5.13 Å². The molecule has 0 bridgehead atoms. The highest BCUT2D eigenvalue weighted by atomic mass is 32.1. The zero-order valence-electron chi connectivity index (χ0n) is 12.4. The van der Waals surface area contributed by atoms with Gasteiger partial charge in [-0.15, -0.1) is 11.3 Å². The maximum Gasteiger partial charge on any atom is 0.225 e. The van der Waals surface area contributed by atoms with E-state index >= 15 is 0 Å². The van der Waals surface area contributed by atoms with Crippen molar-refractivity contribution in [3.63, 3.8) is 0 Å². The Morgan fingerprint density at radius 2 is 2.30 bits per heavy atom. The molecule has 0 unspecified atom stereocenters. The Labute approximate surface area is 124 Å². The summed E-state index contributed by atoms with van der Waals surface area (Å²) in [5, 5.41) is 6.29. The standard InChI is InChI=1S/C14H23N3O2S/c1-4-17(10(3)18)14-16-12(9-20-14)8-15-11-6-13(7-11)19-5-2/h9,11,13,15H,4-8H2,1-3H3. The fraction of sp³-hybridized carbons (Fsp3) is 0.714. The number of ether oxygens (including phenoxy) is 1. The molecule has 1 aliphatic carbocycles. The van der Waals surface area contributed by atoms with Crippen LogP contribution in [0.2, 0.25) is 0 Å². The molecule has 6 heteroatoms. The van der Waals surface area contributed by atoms with E-state index in [9.17, 15) is 4.79 Å². The van der Waals surface area contributed by atoms with E-state index in [0.717, 1.165) is 36.8 Å². The lowest BCUT2D eigenvalue weighted by Crippen LogP contribution is -2.45. The lowest BCUT2D eigenvalue weighted by Gasteiger charge is -2.35. The predicted octanol–water partition coefficient (Wildman–Crippen LogP) is 2.17. The number of aromatic nitrogens is 1. The summed E-state index contributed by atoms with van der Waals surface area (Å²) in [6.45, 7) is 7.79. The summed E-state index contributed by atoms with van der Waals surface area (Å²) in [4.78, 5) is 17.7. The molecule has 1 amide bonds. The molecule has 112 valence electrons. The first-order valence-corrected chi connectivity index (χ1v) is 8.09. The Kier molecular flexibility index (Phi) is 5.51. The van der Waals surface area contributed by atoms with Crippen molar-refractivity contribution in [1.82, 2.24) is 10.3 Å². The van der Waals surface area contributed by atoms with E-state index in [0.29, 0.717) is 18.7 Å². The van der Waals surface area contributed by atoms with Crippen molar-refractivity contribution in [1.29, 1.82) is 0 Å². The molecule has 20 heavy (non-hydrogen) atoms. The van der Waals surface area contributed by atoms with Gasteiger partial charge in [-0.1, -0.05) is 0 Å². The molecule has 0 radical (unpaired) electrons. The van der Waals surface area contributed by atoms with Gasteiger partial charge in [0.1, 0.15) is 0 Å². The molecule has 0 aromatic carbocycles. The van der Waals surface area contributed by atoms with Crippen LogP contribution in [0.15, 0.2) is 5.38 Å². The monoisotopic (exact) mass is 297 g/mol. The molecule has 1 fully saturated rings. The van der Waals surface area contributed by atoms with Crippen LogP contribution >= 0.6 is 11.3 Å². The van der Waals surface area contributed by atoms with Crippen LogP contribution in [0.1, 0.15) is 39.3 Å². The first-order chi connectivity index (χ1) is 9.63. The number of nitrogens with zero attached hydrogens (tertiary/aromatic N) is 2. The summed E-state index contributed by atoms with van der Waals surface area (Å²) in [7, 11) is 0. The molecule has 5 nitrogen and oxygen atoms in total. The lowest BCUT2D eigenvalue weighted by molar-refractivity contribution is -0.116. The third-order valence-corrected chi connectivity index (χ3v) is 4.45. The number of hydrogen-bond donors (Lipinski definition) is 1. The normalized spacial score (nSPS) is 21.6. The quantitative estimate of drug-likeness (QED) is 0.838. The molecule has 1 heterocycles. The first kappa shape index (κ1) is 15.4. The van der Waals surface area contributed by atoms with Gasteiger partial charge >= 0.3 is 0 Å². The van der Waals surface area contributed by atoms with Crippen molar-refractivity contribution >= 4 is 22.4 Å². The minimum absolute atomic E-state index is 0.0416. The Balaban J connectivity index is 1.78. The number of hydrogen-bond acceptors (Lipinski definition) is 5. The Morgan fingerprint density at radius 3 is 2.90 bits per heavy atom. The fourth-order valence-electron chi connectivity index (χ4n) is 2.35. The van der Waals surface area contributed by atoms with Crippen LogP contribution in [0, 0.1) is 0 Å². The summed E-state index contributed by atoms with van der Waals surface area (Å²) in [6.07, 6.45) is 2.59. The number of nitrogens with one attached hydrogen (secondary N) is 1. The number of amides is 1. The van der Waals surface area contributed by atoms with Crippen molar-refractivity contribution in [2.75, 3.05) is 18.1 Å². The Morgan fingerprint density at radius 1 is 1.55 bits per heavy atom. The molecule has 1 saturated carbocycles. The Bertz CT molecular complexity index is 443. The molecule has 2 rings (SSSR count). The zero-order valence-corrected chi connectivity index (χ0v) is 13.2. The van der Waals surface area contributed by atoms with Gasteiger partial charge in [0.25, 0.3) is 0 Å². The van der Waals surface area contributed by atoms with Crippen LogP contribution in [0.3, 0.4) is 0 Å². The van der Waals surface area contributed by atoms with E-state index in [1.807, 2.05) is 19.2 Å². The zero-order chi connectivity index (χ0) is 14.5. The van der Waals surface area contributed by atoms with Gasteiger partial charge in [-0.2, -0.15) is 0 Å². The van der Waals surface area contributed by atoms with Gasteiger partial charge in [0, 0.05) is 38.0 Å². The van der Waals surface area contributed by atoms with Crippen LogP contribution < -0.4 is 10.2 Å². The predicted molar refractivity (Wildman–Crippen MR) is 81.1 cm³/mol. The topological polar surface area (TPSA) is 54.5 Å². The maximum absolute atomic E-state index is 11.5. The summed E-state index contributed by atoms with van der Waals surface area (Å²) in [6, 6.07) is 0.534. The molecule has 1 N–H and O–H groups in total. The van der Waals surface area contributed by atoms with Gasteiger partial charge in [0.2, 0.25) is 5.91 Å². The largest absolute Gasteiger partial charge is 0.378 e. The molecule has 0 spiro atoms. The first-order valence-electron chi connectivity index (χ1n) is 7.21. The van der Waals surface area contributed by atoms with Crippen molar-refractivity contribution in [2.45, 2.75) is 52.3 Å². The summed E-state index contributed by atoms with van der Waals surface area (Å²) in [5.41, 5.74) is 1.00. The molecular weight excluding hydrogens is 274 g/mol. The van der Waals surface area contributed by atoms with Crippen LogP contribution in [-0.2, 0) is 16.1 Å². The van der Waals surface area contributed by atoms with E-state index in [-0.39, 0.29) is 5.91 Å². The summed E-state index contributed by atoms with van der Waals surface area (Å²) in [5.74, 6) is 0.0416. The Hall–Kier alpha value is -0.980. The highest BCUT2D eigenvalue weighted by molar-refractivity contribution is 7.14. The van der Waals surface area contributed by atoms with Gasteiger partial charge in [0.05, 0.1) is 11.8 Å². The molecule has 0 atom stereocenters. The smallest absolute Gasteiger partial charge is 0.225 e. The second kappa shape index (κ2) is 7.15. The fourth-order valence-corrected chi connectivity index (χ4v) is 3.28. The number of thiazole rings is 1. The second-order valence-corrected chi connectivity index (χ2v) is 5.85. The van der Waals surface area contributed by atoms with Gasteiger partial charge in [0.15, 0.2) is 5.13 Å². The number of rotatable bonds is 7. The van der Waals surface area contributed by atoms with E-state index < -0.39 is 0 Å².